The SMILES string of the molecule is Cc1cc(CN2CCN3C[C@H](O)C[C@H]3C2)c(C)nn1. The Labute approximate surface area is 114 Å². The number of piperazine rings is 1. The normalized spacial score (nSPS) is 28.6. The number of aryl methyl sites for hydroxylation is 2. The van der Waals surface area contributed by atoms with Crippen molar-refractivity contribution in [1.29, 1.82) is 0 Å². The fraction of sp³-hybridized carbons (Fsp3) is 0.714. The van der Waals surface area contributed by atoms with Gasteiger partial charge >= 0.3 is 0 Å². The third-order valence-corrected chi connectivity index (χ3v) is 4.28. The van der Waals surface area contributed by atoms with Gasteiger partial charge in [0.25, 0.3) is 0 Å². The van der Waals surface area contributed by atoms with E-state index in [1.807, 2.05) is 13.8 Å². The van der Waals surface area contributed by atoms with Gasteiger partial charge in [0.2, 0.25) is 0 Å². The van der Waals surface area contributed by atoms with Crippen molar-refractivity contribution in [1.82, 2.24) is 20.0 Å². The minimum atomic E-state index is -0.128. The molecule has 3 heterocycles. The summed E-state index contributed by atoms with van der Waals surface area (Å²) in [6, 6.07) is 2.66. The molecule has 104 valence electrons. The summed E-state index contributed by atoms with van der Waals surface area (Å²) in [6.45, 7) is 9.01. The van der Waals surface area contributed by atoms with Crippen molar-refractivity contribution < 1.29 is 5.11 Å². The van der Waals surface area contributed by atoms with E-state index >= 15 is 0 Å². The summed E-state index contributed by atoms with van der Waals surface area (Å²) in [6.07, 6.45) is 0.792. The van der Waals surface area contributed by atoms with Crippen molar-refractivity contribution in [3.8, 4) is 0 Å². The number of aromatic nitrogens is 2. The monoisotopic (exact) mass is 262 g/mol. The standard InChI is InChI=1S/C14H22N4O/c1-10-5-12(11(2)16-15-10)7-17-3-4-18-9-14(19)6-13(18)8-17/h5,13-14,19H,3-4,6-9H2,1-2H3/t13-,14+/m0/s1. The summed E-state index contributed by atoms with van der Waals surface area (Å²) >= 11 is 0. The molecular weight excluding hydrogens is 240 g/mol. The highest BCUT2D eigenvalue weighted by molar-refractivity contribution is 5.19. The average molecular weight is 262 g/mol. The Kier molecular flexibility index (Phi) is 3.52. The molecule has 5 nitrogen and oxygen atoms in total. The maximum Gasteiger partial charge on any atom is 0.0682 e. The van der Waals surface area contributed by atoms with E-state index < -0.39 is 0 Å². The van der Waals surface area contributed by atoms with Crippen LogP contribution in [0.25, 0.3) is 0 Å². The number of rotatable bonds is 2. The topological polar surface area (TPSA) is 52.5 Å². The molecule has 0 bridgehead atoms. The van der Waals surface area contributed by atoms with Gasteiger partial charge in [0.05, 0.1) is 17.5 Å². The van der Waals surface area contributed by atoms with E-state index in [-0.39, 0.29) is 6.10 Å². The van der Waals surface area contributed by atoms with Gasteiger partial charge in [-0.25, -0.2) is 0 Å². The molecule has 0 aliphatic carbocycles. The van der Waals surface area contributed by atoms with Crippen molar-refractivity contribution in [2.24, 2.45) is 0 Å². The summed E-state index contributed by atoms with van der Waals surface area (Å²) in [5, 5.41) is 18.0. The first-order valence-electron chi connectivity index (χ1n) is 7.06. The van der Waals surface area contributed by atoms with E-state index in [4.69, 9.17) is 0 Å². The Morgan fingerprint density at radius 2 is 2.11 bits per heavy atom. The fourth-order valence-electron chi connectivity index (χ4n) is 3.23. The van der Waals surface area contributed by atoms with Crippen LogP contribution in [0.1, 0.15) is 23.4 Å². The van der Waals surface area contributed by atoms with Crippen LogP contribution in [0.15, 0.2) is 6.07 Å². The van der Waals surface area contributed by atoms with Crippen LogP contribution in [0, 0.1) is 13.8 Å². The van der Waals surface area contributed by atoms with Gasteiger partial charge in [-0.15, -0.1) is 0 Å². The van der Waals surface area contributed by atoms with Crippen LogP contribution in [0.2, 0.25) is 0 Å². The molecule has 2 aliphatic rings. The van der Waals surface area contributed by atoms with Crippen molar-refractivity contribution in [3.05, 3.63) is 23.0 Å². The molecule has 1 aromatic rings. The molecule has 3 rings (SSSR count). The Bertz CT molecular complexity index is 465. The molecule has 19 heavy (non-hydrogen) atoms. The number of aliphatic hydroxyl groups excluding tert-OH is 1. The molecule has 0 aromatic carbocycles. The molecule has 1 aromatic heterocycles. The molecule has 2 aliphatic heterocycles. The van der Waals surface area contributed by atoms with E-state index in [1.165, 1.54) is 5.56 Å². The van der Waals surface area contributed by atoms with E-state index in [9.17, 15) is 5.11 Å². The molecule has 5 heteroatoms. The largest absolute Gasteiger partial charge is 0.392 e. The van der Waals surface area contributed by atoms with Crippen LogP contribution in [0.4, 0.5) is 0 Å². The molecule has 0 amide bonds. The van der Waals surface area contributed by atoms with Crippen LogP contribution in [0.5, 0.6) is 0 Å². The molecule has 1 N–H and O–H groups in total. The maximum atomic E-state index is 9.74. The van der Waals surface area contributed by atoms with Crippen LogP contribution in [-0.4, -0.2) is 63.4 Å². The number of hydrogen-bond acceptors (Lipinski definition) is 5. The minimum Gasteiger partial charge on any atom is -0.392 e. The number of fused-ring (bicyclic) bond motifs is 1. The summed E-state index contributed by atoms with van der Waals surface area (Å²) in [5.74, 6) is 0. The molecular formula is C14H22N4O. The first kappa shape index (κ1) is 13.0. The Morgan fingerprint density at radius 3 is 2.95 bits per heavy atom. The van der Waals surface area contributed by atoms with Crippen LogP contribution in [-0.2, 0) is 6.54 Å². The first-order valence-corrected chi connectivity index (χ1v) is 7.06. The second kappa shape index (κ2) is 5.15. The van der Waals surface area contributed by atoms with Gasteiger partial charge in [-0.3, -0.25) is 9.80 Å². The summed E-state index contributed by atoms with van der Waals surface area (Å²) in [7, 11) is 0. The highest BCUT2D eigenvalue weighted by Crippen LogP contribution is 2.23. The van der Waals surface area contributed by atoms with Gasteiger partial charge in [0, 0.05) is 38.8 Å². The van der Waals surface area contributed by atoms with Gasteiger partial charge in [-0.2, -0.15) is 10.2 Å². The van der Waals surface area contributed by atoms with Crippen molar-refractivity contribution in [2.75, 3.05) is 26.2 Å². The third kappa shape index (κ3) is 2.78. The molecule has 2 saturated heterocycles. The Balaban J connectivity index is 1.66. The van der Waals surface area contributed by atoms with Crippen molar-refractivity contribution in [3.63, 3.8) is 0 Å². The lowest BCUT2D eigenvalue weighted by atomic mass is 10.1. The Morgan fingerprint density at radius 1 is 1.26 bits per heavy atom. The quantitative estimate of drug-likeness (QED) is 0.833. The zero-order valence-electron chi connectivity index (χ0n) is 11.7. The highest BCUT2D eigenvalue weighted by Gasteiger charge is 2.35. The van der Waals surface area contributed by atoms with Gasteiger partial charge < -0.3 is 5.11 Å². The van der Waals surface area contributed by atoms with Gasteiger partial charge in [0.1, 0.15) is 0 Å². The van der Waals surface area contributed by atoms with Crippen LogP contribution < -0.4 is 0 Å². The zero-order chi connectivity index (χ0) is 13.4. The second-order valence-corrected chi connectivity index (χ2v) is 5.87. The molecule has 0 unspecified atom stereocenters. The van der Waals surface area contributed by atoms with E-state index in [1.54, 1.807) is 0 Å². The first-order chi connectivity index (χ1) is 9.11. The number of nitrogens with zero attached hydrogens (tertiary/aromatic N) is 4. The molecule has 0 saturated carbocycles. The van der Waals surface area contributed by atoms with Gasteiger partial charge in [0.15, 0.2) is 0 Å². The van der Waals surface area contributed by atoms with Gasteiger partial charge in [-0.05, 0) is 31.9 Å². The average Bonchev–Trinajstić information content (AvgIpc) is 2.73. The zero-order valence-corrected chi connectivity index (χ0v) is 11.7. The summed E-state index contributed by atoms with van der Waals surface area (Å²) < 4.78 is 0. The number of aliphatic hydroxyl groups is 1. The van der Waals surface area contributed by atoms with E-state index in [0.29, 0.717) is 6.04 Å². The molecule has 2 fully saturated rings. The van der Waals surface area contributed by atoms with Crippen molar-refractivity contribution >= 4 is 0 Å². The highest BCUT2D eigenvalue weighted by atomic mass is 16.3. The lowest BCUT2D eigenvalue weighted by molar-refractivity contribution is 0.0969. The van der Waals surface area contributed by atoms with Gasteiger partial charge in [-0.1, -0.05) is 0 Å². The number of hydrogen-bond donors (Lipinski definition) is 1. The Hall–Kier alpha value is -1.04. The molecule has 0 radical (unpaired) electrons. The summed E-state index contributed by atoms with van der Waals surface area (Å²) in [4.78, 5) is 4.90. The van der Waals surface area contributed by atoms with Crippen LogP contribution in [0.3, 0.4) is 0 Å². The summed E-state index contributed by atoms with van der Waals surface area (Å²) in [5.41, 5.74) is 3.29. The lowest BCUT2D eigenvalue weighted by Crippen LogP contribution is -2.49. The van der Waals surface area contributed by atoms with Crippen LogP contribution >= 0.6 is 0 Å². The predicted molar refractivity (Wildman–Crippen MR) is 72.8 cm³/mol. The smallest absolute Gasteiger partial charge is 0.0682 e. The maximum absolute atomic E-state index is 9.74. The molecule has 0 spiro atoms. The van der Waals surface area contributed by atoms with Crippen molar-refractivity contribution in [2.45, 2.75) is 39.0 Å². The predicted octanol–water partition coefficient (Wildman–Crippen LogP) is 0.344. The van der Waals surface area contributed by atoms with E-state index in [0.717, 1.165) is 50.5 Å². The lowest BCUT2D eigenvalue weighted by Gasteiger charge is -2.37. The minimum absolute atomic E-state index is 0.128. The van der Waals surface area contributed by atoms with E-state index in [2.05, 4.69) is 26.1 Å². The second-order valence-electron chi connectivity index (χ2n) is 5.87. The molecule has 2 atom stereocenters. The fourth-order valence-corrected chi connectivity index (χ4v) is 3.23. The third-order valence-electron chi connectivity index (χ3n) is 4.28.